The van der Waals surface area contributed by atoms with E-state index in [2.05, 4.69) is 0 Å². The first-order valence-corrected chi connectivity index (χ1v) is 10.0. The first-order valence-electron chi connectivity index (χ1n) is 9.67. The summed E-state index contributed by atoms with van der Waals surface area (Å²) < 4.78 is 11.4. The minimum absolute atomic E-state index is 0.209. The molecule has 3 aromatic rings. The number of ketones is 1. The van der Waals surface area contributed by atoms with Crippen molar-refractivity contribution >= 4 is 35.1 Å². The number of anilines is 1. The van der Waals surface area contributed by atoms with Gasteiger partial charge in [-0.25, -0.2) is 4.79 Å². The Hall–Kier alpha value is -3.57. The Bertz CT molecular complexity index is 1210. The summed E-state index contributed by atoms with van der Waals surface area (Å²) in [5, 5.41) is 0.309. The molecule has 1 heterocycles. The minimum atomic E-state index is -0.574. The Morgan fingerprint density at radius 3 is 2.42 bits per heavy atom. The fourth-order valence-electron chi connectivity index (χ4n) is 3.28. The van der Waals surface area contributed by atoms with E-state index in [9.17, 15) is 9.59 Å². The van der Waals surface area contributed by atoms with E-state index in [0.717, 1.165) is 11.3 Å². The lowest BCUT2D eigenvalue weighted by atomic mass is 10.1. The Kier molecular flexibility index (Phi) is 5.53. The molecule has 0 fully saturated rings. The van der Waals surface area contributed by atoms with Crippen LogP contribution in [0.3, 0.4) is 0 Å². The van der Waals surface area contributed by atoms with Crippen LogP contribution in [0.4, 0.5) is 5.69 Å². The molecular formula is C25H20ClNO4. The third-order valence-corrected chi connectivity index (χ3v) is 5.37. The van der Waals surface area contributed by atoms with E-state index in [-0.39, 0.29) is 17.1 Å². The molecular weight excluding hydrogens is 414 g/mol. The van der Waals surface area contributed by atoms with Gasteiger partial charge in [-0.15, -0.1) is 0 Å². The topological polar surface area (TPSA) is 55.8 Å². The number of Topliss-reactive ketones (excluding diaryl/α,β-unsaturated/α-hetero) is 1. The highest BCUT2D eigenvalue weighted by Crippen LogP contribution is 2.39. The third kappa shape index (κ3) is 4.05. The summed E-state index contributed by atoms with van der Waals surface area (Å²) >= 11 is 6.08. The molecule has 4 rings (SSSR count). The number of halogens is 1. The van der Waals surface area contributed by atoms with Gasteiger partial charge in [0.15, 0.2) is 5.76 Å². The van der Waals surface area contributed by atoms with Crippen molar-refractivity contribution in [3.05, 3.63) is 93.7 Å². The molecule has 0 amide bonds. The van der Waals surface area contributed by atoms with Crippen molar-refractivity contribution < 1.29 is 19.1 Å². The molecule has 1 aliphatic heterocycles. The Labute approximate surface area is 185 Å². The predicted octanol–water partition coefficient (Wildman–Crippen LogP) is 5.55. The van der Waals surface area contributed by atoms with Crippen molar-refractivity contribution in [2.24, 2.45) is 0 Å². The molecule has 0 aliphatic carbocycles. The van der Waals surface area contributed by atoms with E-state index in [1.165, 1.54) is 0 Å². The zero-order chi connectivity index (χ0) is 22.1. The number of hydrogen-bond donors (Lipinski definition) is 0. The zero-order valence-corrected chi connectivity index (χ0v) is 18.1. The van der Waals surface area contributed by atoms with Gasteiger partial charge in [0.2, 0.25) is 5.78 Å². The summed E-state index contributed by atoms with van der Waals surface area (Å²) in [7, 11) is 3.93. The maximum Gasteiger partial charge on any atom is 0.345 e. The second-order valence-corrected chi connectivity index (χ2v) is 7.77. The molecule has 0 bridgehead atoms. The molecule has 0 N–H and O–H groups in total. The highest BCUT2D eigenvalue weighted by Gasteiger charge is 2.30. The molecule has 5 nitrogen and oxygen atoms in total. The average Bonchev–Trinajstić information content (AvgIpc) is 3.07. The smallest absolute Gasteiger partial charge is 0.345 e. The van der Waals surface area contributed by atoms with Crippen molar-refractivity contribution in [2.75, 3.05) is 19.0 Å². The summed E-state index contributed by atoms with van der Waals surface area (Å²) in [6.45, 7) is 1.75. The van der Waals surface area contributed by atoms with E-state index in [1.54, 1.807) is 49.4 Å². The number of rotatable bonds is 4. The van der Waals surface area contributed by atoms with Gasteiger partial charge in [0.1, 0.15) is 11.5 Å². The van der Waals surface area contributed by atoms with Crippen LogP contribution in [0.2, 0.25) is 5.02 Å². The average molecular weight is 434 g/mol. The van der Waals surface area contributed by atoms with Crippen LogP contribution in [-0.2, 0) is 0 Å². The van der Waals surface area contributed by atoms with Gasteiger partial charge in [-0.1, -0.05) is 35.9 Å². The summed E-state index contributed by atoms with van der Waals surface area (Å²) in [4.78, 5) is 27.3. The van der Waals surface area contributed by atoms with Crippen LogP contribution in [0.25, 0.3) is 6.08 Å². The molecule has 0 aromatic heterocycles. The maximum absolute atomic E-state index is 12.8. The highest BCUT2D eigenvalue weighted by molar-refractivity contribution is 6.33. The van der Waals surface area contributed by atoms with E-state index < -0.39 is 5.97 Å². The van der Waals surface area contributed by atoms with Crippen molar-refractivity contribution in [1.29, 1.82) is 0 Å². The van der Waals surface area contributed by atoms with E-state index in [1.807, 2.05) is 43.3 Å². The number of fused-ring (bicyclic) bond motifs is 1. The number of esters is 1. The number of allylic oxidation sites excluding steroid dienone is 1. The van der Waals surface area contributed by atoms with E-state index >= 15 is 0 Å². The van der Waals surface area contributed by atoms with Crippen molar-refractivity contribution in [3.63, 3.8) is 0 Å². The van der Waals surface area contributed by atoms with E-state index in [4.69, 9.17) is 21.1 Å². The second-order valence-electron chi connectivity index (χ2n) is 7.36. The number of nitrogens with zero attached hydrogens (tertiary/aromatic N) is 1. The van der Waals surface area contributed by atoms with Gasteiger partial charge in [0, 0.05) is 25.3 Å². The number of benzene rings is 3. The van der Waals surface area contributed by atoms with Crippen LogP contribution in [0.5, 0.6) is 11.5 Å². The SMILES string of the molecule is Cc1c(OC(=O)c2ccccc2Cl)ccc2c1O/C(=C\c1ccc(N(C)C)cc1)C2=O. The van der Waals surface area contributed by atoms with Crippen LogP contribution in [-0.4, -0.2) is 25.8 Å². The second kappa shape index (κ2) is 8.28. The molecule has 0 saturated carbocycles. The Morgan fingerprint density at radius 1 is 1.03 bits per heavy atom. The molecule has 0 spiro atoms. The predicted molar refractivity (Wildman–Crippen MR) is 121 cm³/mol. The largest absolute Gasteiger partial charge is 0.452 e. The van der Waals surface area contributed by atoms with Crippen LogP contribution in [0, 0.1) is 6.92 Å². The normalized spacial score (nSPS) is 13.7. The molecule has 31 heavy (non-hydrogen) atoms. The minimum Gasteiger partial charge on any atom is -0.452 e. The fraction of sp³-hybridized carbons (Fsp3) is 0.120. The van der Waals surface area contributed by atoms with E-state index in [0.29, 0.717) is 27.6 Å². The van der Waals surface area contributed by atoms with Crippen molar-refractivity contribution in [3.8, 4) is 11.5 Å². The number of ether oxygens (including phenoxy) is 2. The molecule has 156 valence electrons. The monoisotopic (exact) mass is 433 g/mol. The highest BCUT2D eigenvalue weighted by atomic mass is 35.5. The lowest BCUT2D eigenvalue weighted by Crippen LogP contribution is -2.10. The lowest BCUT2D eigenvalue weighted by Gasteiger charge is -2.12. The van der Waals surface area contributed by atoms with Crippen LogP contribution in [0.15, 0.2) is 66.4 Å². The van der Waals surface area contributed by atoms with Crippen LogP contribution in [0.1, 0.15) is 31.8 Å². The lowest BCUT2D eigenvalue weighted by molar-refractivity contribution is 0.0733. The quantitative estimate of drug-likeness (QED) is 0.307. The Morgan fingerprint density at radius 2 is 1.74 bits per heavy atom. The van der Waals surface area contributed by atoms with Gasteiger partial charge in [-0.3, -0.25) is 4.79 Å². The fourth-order valence-corrected chi connectivity index (χ4v) is 3.49. The van der Waals surface area contributed by atoms with Gasteiger partial charge in [0.05, 0.1) is 16.1 Å². The number of carbonyl (C=O) groups excluding carboxylic acids is 2. The summed E-state index contributed by atoms with van der Waals surface area (Å²) in [5.41, 5.74) is 3.18. The van der Waals surface area contributed by atoms with Gasteiger partial charge in [-0.2, -0.15) is 0 Å². The summed E-state index contributed by atoms with van der Waals surface area (Å²) in [6, 6.07) is 17.6. The van der Waals surface area contributed by atoms with Gasteiger partial charge in [-0.05, 0) is 55.0 Å². The zero-order valence-electron chi connectivity index (χ0n) is 17.3. The summed E-state index contributed by atoms with van der Waals surface area (Å²) in [6.07, 6.45) is 1.70. The maximum atomic E-state index is 12.8. The van der Waals surface area contributed by atoms with Crippen LogP contribution < -0.4 is 14.4 Å². The van der Waals surface area contributed by atoms with Gasteiger partial charge >= 0.3 is 5.97 Å². The first kappa shape index (κ1) is 20.7. The van der Waals surface area contributed by atoms with Crippen molar-refractivity contribution in [2.45, 2.75) is 6.92 Å². The first-order chi connectivity index (χ1) is 14.8. The number of hydrogen-bond acceptors (Lipinski definition) is 5. The van der Waals surface area contributed by atoms with Crippen LogP contribution >= 0.6 is 11.6 Å². The molecule has 0 atom stereocenters. The molecule has 0 unspecified atom stereocenters. The number of carbonyl (C=O) groups is 2. The standard InChI is InChI=1S/C25H20ClNO4/c1-15-21(31-25(29)18-6-4-5-7-20(18)26)13-12-19-23(28)22(30-24(15)19)14-16-8-10-17(11-9-16)27(2)3/h4-14H,1-3H3/b22-14-. The molecule has 6 heteroatoms. The molecule has 0 saturated heterocycles. The summed E-state index contributed by atoms with van der Waals surface area (Å²) in [5.74, 6) is 0.150. The molecule has 1 aliphatic rings. The van der Waals surface area contributed by atoms with Gasteiger partial charge < -0.3 is 14.4 Å². The Balaban J connectivity index is 1.59. The molecule has 0 radical (unpaired) electrons. The van der Waals surface area contributed by atoms with Gasteiger partial charge in [0.25, 0.3) is 0 Å². The molecule has 3 aromatic carbocycles. The van der Waals surface area contributed by atoms with Crippen molar-refractivity contribution in [1.82, 2.24) is 0 Å². The third-order valence-electron chi connectivity index (χ3n) is 5.04.